The molecule has 11 nitrogen and oxygen atoms in total. The number of rotatable bonds is 5. The van der Waals surface area contributed by atoms with Crippen LogP contribution in [0.1, 0.15) is 22.5 Å². The van der Waals surface area contributed by atoms with Crippen molar-refractivity contribution in [1.29, 1.82) is 0 Å². The molecule has 0 bridgehead atoms. The van der Waals surface area contributed by atoms with E-state index in [1.807, 2.05) is 24.1 Å². The summed E-state index contributed by atoms with van der Waals surface area (Å²) in [5.74, 6) is -1.29. The zero-order valence-electron chi connectivity index (χ0n) is 16.9. The number of nitrogens with zero attached hydrogens (tertiary/aromatic N) is 6. The van der Waals surface area contributed by atoms with Crippen LogP contribution in [0, 0.1) is 5.92 Å². The van der Waals surface area contributed by atoms with Gasteiger partial charge in [-0.25, -0.2) is 9.97 Å². The second kappa shape index (κ2) is 8.01. The predicted molar refractivity (Wildman–Crippen MR) is 114 cm³/mol. The summed E-state index contributed by atoms with van der Waals surface area (Å²) < 4.78 is 0. The van der Waals surface area contributed by atoms with Gasteiger partial charge >= 0.3 is 5.97 Å². The number of anilines is 3. The molecular weight excluding hydrogens is 400 g/mol. The van der Waals surface area contributed by atoms with Gasteiger partial charge in [-0.15, -0.1) is 0 Å². The molecule has 0 saturated carbocycles. The van der Waals surface area contributed by atoms with Gasteiger partial charge in [-0.3, -0.25) is 9.59 Å². The average Bonchev–Trinajstić information content (AvgIpc) is 3.24. The minimum atomic E-state index is -0.860. The highest BCUT2D eigenvalue weighted by atomic mass is 16.4. The Labute approximate surface area is 177 Å². The molecule has 1 fully saturated rings. The lowest BCUT2D eigenvalue weighted by molar-refractivity contribution is -0.141. The van der Waals surface area contributed by atoms with Crippen molar-refractivity contribution >= 4 is 40.5 Å². The largest absolute Gasteiger partial charge is 0.481 e. The Morgan fingerprint density at radius 1 is 1.19 bits per heavy atom. The molecule has 5 N–H and O–H groups in total. The lowest BCUT2D eigenvalue weighted by atomic mass is 10.1. The van der Waals surface area contributed by atoms with Gasteiger partial charge in [0, 0.05) is 31.4 Å². The van der Waals surface area contributed by atoms with Crippen LogP contribution in [0.4, 0.5) is 17.5 Å². The van der Waals surface area contributed by atoms with E-state index in [-0.39, 0.29) is 24.2 Å². The van der Waals surface area contributed by atoms with Crippen molar-refractivity contribution in [3.63, 3.8) is 0 Å². The molecule has 0 radical (unpaired) electrons. The van der Waals surface area contributed by atoms with E-state index in [0.29, 0.717) is 41.9 Å². The van der Waals surface area contributed by atoms with Crippen LogP contribution in [-0.4, -0.2) is 62.0 Å². The number of carbonyl (C=O) groups excluding carboxylic acids is 1. The number of hydrogen-bond donors (Lipinski definition) is 3. The molecule has 11 heteroatoms. The van der Waals surface area contributed by atoms with Gasteiger partial charge in [0.15, 0.2) is 17.0 Å². The van der Waals surface area contributed by atoms with E-state index in [9.17, 15) is 9.59 Å². The van der Waals surface area contributed by atoms with Gasteiger partial charge in [0.25, 0.3) is 5.91 Å². The number of fused-ring (bicyclic) bond motifs is 1. The maximum absolute atomic E-state index is 12.6. The number of aromatic nitrogens is 4. The van der Waals surface area contributed by atoms with Crippen LogP contribution in [0.15, 0.2) is 30.5 Å². The van der Waals surface area contributed by atoms with E-state index in [0.717, 1.165) is 5.69 Å². The molecule has 1 saturated heterocycles. The Bertz CT molecular complexity index is 1150. The third-order valence-corrected chi connectivity index (χ3v) is 5.28. The second-order valence-electron chi connectivity index (χ2n) is 7.48. The molecule has 31 heavy (non-hydrogen) atoms. The molecule has 2 aromatic heterocycles. The monoisotopic (exact) mass is 422 g/mol. The SMILES string of the molecule is CN(Cc1cnc2nc(N)nc(N)c2n1)c1ccc(C(=O)N2CCC(C(=O)O)C2)cc1. The Hall–Kier alpha value is -4.02. The topological polar surface area (TPSA) is 164 Å². The fourth-order valence-corrected chi connectivity index (χ4v) is 3.58. The fraction of sp³-hybridized carbons (Fsp3) is 0.300. The number of carboxylic acid groups (broad SMARTS) is 1. The van der Waals surface area contributed by atoms with Gasteiger partial charge < -0.3 is 26.4 Å². The van der Waals surface area contributed by atoms with E-state index >= 15 is 0 Å². The smallest absolute Gasteiger partial charge is 0.308 e. The van der Waals surface area contributed by atoms with Gasteiger partial charge in [0.05, 0.1) is 24.4 Å². The van der Waals surface area contributed by atoms with Crippen molar-refractivity contribution in [3.8, 4) is 0 Å². The minimum Gasteiger partial charge on any atom is -0.481 e. The summed E-state index contributed by atoms with van der Waals surface area (Å²) in [6.07, 6.45) is 2.09. The number of aliphatic carboxylic acids is 1. The molecule has 0 spiro atoms. The molecule has 3 aromatic rings. The molecule has 1 atom stereocenters. The van der Waals surface area contributed by atoms with E-state index in [4.69, 9.17) is 16.6 Å². The Balaban J connectivity index is 1.45. The van der Waals surface area contributed by atoms with Crippen molar-refractivity contribution in [2.45, 2.75) is 13.0 Å². The van der Waals surface area contributed by atoms with Gasteiger partial charge in [-0.05, 0) is 30.7 Å². The summed E-state index contributed by atoms with van der Waals surface area (Å²) in [5.41, 5.74) is 14.3. The number of carbonyl (C=O) groups is 2. The summed E-state index contributed by atoms with van der Waals surface area (Å²) >= 11 is 0. The van der Waals surface area contributed by atoms with Gasteiger partial charge in [-0.2, -0.15) is 9.97 Å². The Morgan fingerprint density at radius 3 is 2.61 bits per heavy atom. The second-order valence-corrected chi connectivity index (χ2v) is 7.48. The van der Waals surface area contributed by atoms with E-state index in [1.54, 1.807) is 23.2 Å². The molecule has 0 aliphatic carbocycles. The van der Waals surface area contributed by atoms with Crippen LogP contribution in [0.2, 0.25) is 0 Å². The lowest BCUT2D eigenvalue weighted by Gasteiger charge is -2.20. The number of carboxylic acids is 1. The van der Waals surface area contributed by atoms with Crippen LogP contribution in [0.5, 0.6) is 0 Å². The Morgan fingerprint density at radius 2 is 1.94 bits per heavy atom. The maximum Gasteiger partial charge on any atom is 0.308 e. The van der Waals surface area contributed by atoms with E-state index in [2.05, 4.69) is 19.9 Å². The summed E-state index contributed by atoms with van der Waals surface area (Å²) in [5, 5.41) is 9.12. The fourth-order valence-electron chi connectivity index (χ4n) is 3.58. The van der Waals surface area contributed by atoms with Gasteiger partial charge in [0.1, 0.15) is 0 Å². The third-order valence-electron chi connectivity index (χ3n) is 5.28. The van der Waals surface area contributed by atoms with Crippen LogP contribution in [0.3, 0.4) is 0 Å². The van der Waals surface area contributed by atoms with Crippen LogP contribution >= 0.6 is 0 Å². The number of hydrogen-bond acceptors (Lipinski definition) is 9. The number of likely N-dealkylation sites (tertiary alicyclic amines) is 1. The first kappa shape index (κ1) is 20.3. The zero-order chi connectivity index (χ0) is 22.1. The molecule has 160 valence electrons. The summed E-state index contributed by atoms with van der Waals surface area (Å²) in [7, 11) is 1.89. The molecule has 1 amide bonds. The highest BCUT2D eigenvalue weighted by Gasteiger charge is 2.31. The lowest BCUT2D eigenvalue weighted by Crippen LogP contribution is -2.30. The van der Waals surface area contributed by atoms with Gasteiger partial charge in [0.2, 0.25) is 5.95 Å². The molecule has 3 heterocycles. The summed E-state index contributed by atoms with van der Waals surface area (Å²) in [6, 6.07) is 7.15. The van der Waals surface area contributed by atoms with E-state index < -0.39 is 11.9 Å². The van der Waals surface area contributed by atoms with Crippen LogP contribution in [-0.2, 0) is 11.3 Å². The van der Waals surface area contributed by atoms with Crippen molar-refractivity contribution in [2.24, 2.45) is 5.92 Å². The first-order valence-corrected chi connectivity index (χ1v) is 9.69. The molecule has 1 aromatic carbocycles. The normalized spacial score (nSPS) is 15.9. The first-order valence-electron chi connectivity index (χ1n) is 9.69. The third kappa shape index (κ3) is 4.15. The predicted octanol–water partition coefficient (Wildman–Crippen LogP) is 0.767. The first-order chi connectivity index (χ1) is 14.8. The molecule has 1 unspecified atom stereocenters. The standard InChI is InChI=1S/C20H22N8O3/c1-27(10-13-8-23-17-15(24-13)16(21)25-20(22)26-17)14-4-2-11(3-5-14)18(29)28-7-6-12(9-28)19(30)31/h2-5,8,12H,6-7,9-10H2,1H3,(H,30,31)(H4,21,22,23,25,26). The quantitative estimate of drug-likeness (QED) is 0.534. The maximum atomic E-state index is 12.6. The number of nitrogen functional groups attached to an aromatic ring is 2. The number of benzene rings is 1. The van der Waals surface area contributed by atoms with Crippen LogP contribution in [0.25, 0.3) is 11.2 Å². The van der Waals surface area contributed by atoms with E-state index in [1.165, 1.54) is 0 Å². The van der Waals surface area contributed by atoms with Crippen molar-refractivity contribution in [1.82, 2.24) is 24.8 Å². The zero-order valence-corrected chi connectivity index (χ0v) is 16.9. The molecule has 1 aliphatic heterocycles. The molecule has 4 rings (SSSR count). The number of amides is 1. The molecule has 1 aliphatic rings. The Kier molecular flexibility index (Phi) is 5.24. The average molecular weight is 422 g/mol. The highest BCUT2D eigenvalue weighted by molar-refractivity contribution is 5.95. The van der Waals surface area contributed by atoms with Crippen molar-refractivity contribution in [3.05, 3.63) is 41.7 Å². The van der Waals surface area contributed by atoms with Crippen molar-refractivity contribution in [2.75, 3.05) is 36.5 Å². The summed E-state index contributed by atoms with van der Waals surface area (Å²) in [4.78, 5) is 44.0. The van der Waals surface area contributed by atoms with Crippen molar-refractivity contribution < 1.29 is 14.7 Å². The highest BCUT2D eigenvalue weighted by Crippen LogP contribution is 2.22. The minimum absolute atomic E-state index is 0.0474. The van der Waals surface area contributed by atoms with Gasteiger partial charge in [-0.1, -0.05) is 0 Å². The number of nitrogens with two attached hydrogens (primary N) is 2. The summed E-state index contributed by atoms with van der Waals surface area (Å²) in [6.45, 7) is 1.15. The van der Waals surface area contributed by atoms with Crippen LogP contribution < -0.4 is 16.4 Å². The molecular formula is C20H22N8O3.